The van der Waals surface area contributed by atoms with Gasteiger partial charge in [0.15, 0.2) is 11.5 Å². The number of nitrogens with one attached hydrogen (secondary N) is 1. The molecule has 1 atom stereocenters. The lowest BCUT2D eigenvalue weighted by Gasteiger charge is -2.20. The van der Waals surface area contributed by atoms with E-state index >= 15 is 0 Å². The zero-order chi connectivity index (χ0) is 15.0. The molecule has 1 aromatic heterocycles. The summed E-state index contributed by atoms with van der Waals surface area (Å²) in [5.74, 6) is 0.486. The second kappa shape index (κ2) is 4.80. The van der Waals surface area contributed by atoms with E-state index in [-0.39, 0.29) is 5.91 Å². The topological polar surface area (TPSA) is 65.4 Å². The molecule has 1 amide bonds. The van der Waals surface area contributed by atoms with Crippen LogP contribution in [0.1, 0.15) is 30.8 Å². The number of amides is 1. The molecule has 21 heavy (non-hydrogen) atoms. The van der Waals surface area contributed by atoms with E-state index in [9.17, 15) is 4.79 Å². The lowest BCUT2D eigenvalue weighted by Crippen LogP contribution is -2.33. The van der Waals surface area contributed by atoms with Crippen molar-refractivity contribution in [3.63, 3.8) is 0 Å². The van der Waals surface area contributed by atoms with Crippen molar-refractivity contribution in [3.8, 4) is 11.5 Å². The van der Waals surface area contributed by atoms with E-state index in [1.54, 1.807) is 37.5 Å². The van der Waals surface area contributed by atoms with E-state index in [0.29, 0.717) is 22.9 Å². The molecule has 0 saturated heterocycles. The molecule has 0 fully saturated rings. The van der Waals surface area contributed by atoms with Gasteiger partial charge in [-0.3, -0.25) is 9.48 Å². The summed E-state index contributed by atoms with van der Waals surface area (Å²) in [5.41, 5.74) is 1.15. The van der Waals surface area contributed by atoms with Crippen LogP contribution in [-0.2, 0) is 7.05 Å². The molecular formula is C15H17N3O3. The highest BCUT2D eigenvalue weighted by Gasteiger charge is 2.35. The molecule has 6 heteroatoms. The maximum Gasteiger partial charge on any atom is 0.273 e. The smallest absolute Gasteiger partial charge is 0.273 e. The number of benzene rings is 1. The lowest BCUT2D eigenvalue weighted by atomic mass is 10.2. The number of anilines is 1. The van der Waals surface area contributed by atoms with Gasteiger partial charge in [0.2, 0.25) is 5.79 Å². The van der Waals surface area contributed by atoms with E-state index in [0.717, 1.165) is 6.42 Å². The number of hydrogen-bond acceptors (Lipinski definition) is 4. The molecule has 0 radical (unpaired) electrons. The summed E-state index contributed by atoms with van der Waals surface area (Å²) in [7, 11) is 1.72. The summed E-state index contributed by atoms with van der Waals surface area (Å²) in [6, 6.07) is 7.02. The normalized spacial score (nSPS) is 19.6. The Balaban J connectivity index is 1.79. The highest BCUT2D eigenvalue weighted by molar-refractivity contribution is 6.03. The molecule has 1 aromatic carbocycles. The zero-order valence-electron chi connectivity index (χ0n) is 12.2. The summed E-state index contributed by atoms with van der Waals surface area (Å²) in [4.78, 5) is 12.1. The number of hydrogen-bond donors (Lipinski definition) is 1. The van der Waals surface area contributed by atoms with Gasteiger partial charge in [-0.15, -0.1) is 0 Å². The molecule has 1 aliphatic rings. The zero-order valence-corrected chi connectivity index (χ0v) is 12.2. The summed E-state index contributed by atoms with van der Waals surface area (Å²) in [6.07, 6.45) is 2.32. The minimum Gasteiger partial charge on any atom is -0.449 e. The molecule has 6 nitrogen and oxygen atoms in total. The van der Waals surface area contributed by atoms with E-state index in [2.05, 4.69) is 10.4 Å². The van der Waals surface area contributed by atoms with Crippen molar-refractivity contribution in [2.75, 3.05) is 5.32 Å². The minimum absolute atomic E-state index is 0.216. The molecular weight excluding hydrogens is 270 g/mol. The van der Waals surface area contributed by atoms with Gasteiger partial charge in [-0.05, 0) is 18.2 Å². The molecule has 1 N–H and O–H groups in total. The highest BCUT2D eigenvalue weighted by atomic mass is 16.7. The predicted octanol–water partition coefficient (Wildman–Crippen LogP) is 2.57. The molecule has 2 aromatic rings. The fourth-order valence-electron chi connectivity index (χ4n) is 2.17. The van der Waals surface area contributed by atoms with Gasteiger partial charge in [0.05, 0.1) is 0 Å². The molecule has 0 spiro atoms. The number of rotatable bonds is 3. The lowest BCUT2D eigenvalue weighted by molar-refractivity contribution is -0.0640. The van der Waals surface area contributed by atoms with E-state index in [1.807, 2.05) is 13.8 Å². The van der Waals surface area contributed by atoms with Crippen LogP contribution in [0, 0.1) is 0 Å². The third kappa shape index (κ3) is 2.44. The number of aryl methyl sites for hydroxylation is 1. The van der Waals surface area contributed by atoms with Crippen LogP contribution in [0.4, 0.5) is 5.69 Å². The van der Waals surface area contributed by atoms with Gasteiger partial charge >= 0.3 is 0 Å². The van der Waals surface area contributed by atoms with Crippen LogP contribution in [0.25, 0.3) is 0 Å². The molecule has 0 unspecified atom stereocenters. The molecule has 0 bridgehead atoms. The van der Waals surface area contributed by atoms with Crippen LogP contribution in [0.15, 0.2) is 30.5 Å². The maximum absolute atomic E-state index is 12.1. The first-order valence-electron chi connectivity index (χ1n) is 6.82. The molecule has 2 heterocycles. The first kappa shape index (κ1) is 13.5. The van der Waals surface area contributed by atoms with Gasteiger partial charge in [-0.25, -0.2) is 0 Å². The fraction of sp³-hybridized carbons (Fsp3) is 0.333. The standard InChI is InChI=1S/C15H17N3O3/c1-4-15(2)20-12-6-5-10(9-13(12)21-15)17-14(19)11-7-8-16-18(11)3/h5-9H,4H2,1-3H3,(H,17,19)/t15-/m1/s1. The summed E-state index contributed by atoms with van der Waals surface area (Å²) in [5, 5.41) is 6.80. The van der Waals surface area contributed by atoms with Crippen LogP contribution >= 0.6 is 0 Å². The Kier molecular flexibility index (Phi) is 3.08. The number of aromatic nitrogens is 2. The number of carbonyl (C=O) groups is 1. The monoisotopic (exact) mass is 287 g/mol. The Morgan fingerprint density at radius 1 is 1.33 bits per heavy atom. The minimum atomic E-state index is -0.632. The van der Waals surface area contributed by atoms with Gasteiger partial charge in [0.25, 0.3) is 5.91 Å². The maximum atomic E-state index is 12.1. The van der Waals surface area contributed by atoms with E-state index < -0.39 is 5.79 Å². The van der Waals surface area contributed by atoms with Crippen LogP contribution in [0.2, 0.25) is 0 Å². The number of nitrogens with zero attached hydrogens (tertiary/aromatic N) is 2. The first-order valence-corrected chi connectivity index (χ1v) is 6.82. The molecule has 3 rings (SSSR count). The van der Waals surface area contributed by atoms with Gasteiger partial charge in [-0.2, -0.15) is 5.10 Å². The number of fused-ring (bicyclic) bond motifs is 1. The Morgan fingerprint density at radius 3 is 2.76 bits per heavy atom. The van der Waals surface area contributed by atoms with Gasteiger partial charge in [-0.1, -0.05) is 6.92 Å². The van der Waals surface area contributed by atoms with Crippen LogP contribution in [0.5, 0.6) is 11.5 Å². The molecule has 0 saturated carbocycles. The Hall–Kier alpha value is -2.50. The predicted molar refractivity (Wildman–Crippen MR) is 77.6 cm³/mol. The average molecular weight is 287 g/mol. The number of carbonyl (C=O) groups excluding carboxylic acids is 1. The molecule has 110 valence electrons. The van der Waals surface area contributed by atoms with Crippen molar-refractivity contribution in [2.45, 2.75) is 26.1 Å². The van der Waals surface area contributed by atoms with Crippen molar-refractivity contribution in [3.05, 3.63) is 36.2 Å². The Bertz CT molecular complexity index is 695. The van der Waals surface area contributed by atoms with Crippen molar-refractivity contribution in [1.82, 2.24) is 9.78 Å². The van der Waals surface area contributed by atoms with Crippen LogP contribution in [0.3, 0.4) is 0 Å². The third-order valence-electron chi connectivity index (χ3n) is 3.55. The first-order chi connectivity index (χ1) is 10.0. The second-order valence-electron chi connectivity index (χ2n) is 5.15. The summed E-state index contributed by atoms with van der Waals surface area (Å²) in [6.45, 7) is 3.89. The van der Waals surface area contributed by atoms with E-state index in [1.165, 1.54) is 4.68 Å². The van der Waals surface area contributed by atoms with Crippen molar-refractivity contribution < 1.29 is 14.3 Å². The fourth-order valence-corrected chi connectivity index (χ4v) is 2.17. The SMILES string of the molecule is CC[C@]1(C)Oc2ccc(NC(=O)c3ccnn3C)cc2O1. The van der Waals surface area contributed by atoms with Crippen LogP contribution < -0.4 is 14.8 Å². The average Bonchev–Trinajstić information content (AvgIpc) is 3.01. The second-order valence-corrected chi connectivity index (χ2v) is 5.15. The Morgan fingerprint density at radius 2 is 2.10 bits per heavy atom. The molecule has 0 aliphatic carbocycles. The number of ether oxygens (including phenoxy) is 2. The van der Waals surface area contributed by atoms with Crippen molar-refractivity contribution in [1.29, 1.82) is 0 Å². The Labute approximate surface area is 122 Å². The molecule has 1 aliphatic heterocycles. The highest BCUT2D eigenvalue weighted by Crippen LogP contribution is 2.42. The third-order valence-corrected chi connectivity index (χ3v) is 3.55. The van der Waals surface area contributed by atoms with E-state index in [4.69, 9.17) is 9.47 Å². The largest absolute Gasteiger partial charge is 0.449 e. The quantitative estimate of drug-likeness (QED) is 0.942. The summed E-state index contributed by atoms with van der Waals surface area (Å²) < 4.78 is 13.1. The van der Waals surface area contributed by atoms with Crippen molar-refractivity contribution in [2.24, 2.45) is 7.05 Å². The van der Waals surface area contributed by atoms with Crippen LogP contribution in [-0.4, -0.2) is 21.5 Å². The summed E-state index contributed by atoms with van der Waals surface area (Å²) >= 11 is 0. The van der Waals surface area contributed by atoms with Gasteiger partial charge in [0, 0.05) is 38.3 Å². The van der Waals surface area contributed by atoms with Gasteiger partial charge in [0.1, 0.15) is 5.69 Å². The van der Waals surface area contributed by atoms with Gasteiger partial charge < -0.3 is 14.8 Å². The van der Waals surface area contributed by atoms with Crippen molar-refractivity contribution >= 4 is 11.6 Å².